The van der Waals surface area contributed by atoms with Crippen LogP contribution in [0.15, 0.2) is 0 Å². The first kappa shape index (κ1) is 22.5. The summed E-state index contributed by atoms with van der Waals surface area (Å²) in [7, 11) is 0. The van der Waals surface area contributed by atoms with E-state index in [4.69, 9.17) is 9.47 Å². The molecule has 0 N–H and O–H groups in total. The molecule has 4 heteroatoms. The molecule has 0 aromatic rings. The average Bonchev–Trinajstić information content (AvgIpc) is 2.63. The summed E-state index contributed by atoms with van der Waals surface area (Å²) in [4.78, 5) is 23.2. The van der Waals surface area contributed by atoms with E-state index >= 15 is 0 Å². The van der Waals surface area contributed by atoms with Gasteiger partial charge in [-0.15, -0.1) is 11.8 Å². The fraction of sp³-hybridized carbons (Fsp3) is 0.818. The Morgan fingerprint density at radius 1 is 0.500 bits per heavy atom. The van der Waals surface area contributed by atoms with Gasteiger partial charge < -0.3 is 9.47 Å². The smallest absolute Gasteiger partial charge is 0.305 e. The maximum atomic E-state index is 11.6. The summed E-state index contributed by atoms with van der Waals surface area (Å²) in [6.45, 7) is 0.344. The van der Waals surface area contributed by atoms with Crippen molar-refractivity contribution in [1.29, 1.82) is 0 Å². The molecule has 0 saturated carbocycles. The summed E-state index contributed by atoms with van der Waals surface area (Å²) in [5.74, 6) is 6.19. The minimum atomic E-state index is -0.189. The number of carbonyl (C=O) groups excluding carboxylic acids is 2. The van der Waals surface area contributed by atoms with Crippen LogP contribution < -0.4 is 0 Å². The highest BCUT2D eigenvalue weighted by Gasteiger charge is 2.05. The molecule has 0 aromatic carbocycles. The monoisotopic (exact) mass is 364 g/mol. The predicted molar refractivity (Wildman–Crippen MR) is 104 cm³/mol. The average molecular weight is 365 g/mol. The van der Waals surface area contributed by atoms with Gasteiger partial charge in [-0.3, -0.25) is 9.59 Å². The van der Waals surface area contributed by atoms with Crippen molar-refractivity contribution in [2.75, 3.05) is 13.2 Å². The fourth-order valence-corrected chi connectivity index (χ4v) is 3.01. The van der Waals surface area contributed by atoms with Crippen LogP contribution in [-0.2, 0) is 19.1 Å². The van der Waals surface area contributed by atoms with Gasteiger partial charge in [-0.2, -0.15) is 0 Å². The molecule has 0 atom stereocenters. The largest absolute Gasteiger partial charge is 0.462 e. The molecule has 0 saturated heterocycles. The number of cyclic esters (lactones) is 2. The second kappa shape index (κ2) is 16.9. The van der Waals surface area contributed by atoms with Gasteiger partial charge in [-0.1, -0.05) is 51.4 Å². The molecular formula is C22H36O4. The van der Waals surface area contributed by atoms with Crippen molar-refractivity contribution >= 4 is 11.9 Å². The zero-order valence-corrected chi connectivity index (χ0v) is 16.4. The molecule has 1 heterocycles. The highest BCUT2D eigenvalue weighted by atomic mass is 16.6. The van der Waals surface area contributed by atoms with Gasteiger partial charge in [-0.05, 0) is 25.7 Å². The summed E-state index contributed by atoms with van der Waals surface area (Å²) in [5, 5.41) is 0. The Labute approximate surface area is 159 Å². The van der Waals surface area contributed by atoms with Gasteiger partial charge in [0.25, 0.3) is 0 Å². The lowest BCUT2D eigenvalue weighted by Crippen LogP contribution is -2.13. The van der Waals surface area contributed by atoms with Crippen LogP contribution in [0.5, 0.6) is 0 Å². The van der Waals surface area contributed by atoms with Gasteiger partial charge in [0.1, 0.15) is 13.2 Å². The summed E-state index contributed by atoms with van der Waals surface area (Å²) in [6.07, 6.45) is 16.4. The Balaban J connectivity index is 2.22. The second-order valence-corrected chi connectivity index (χ2v) is 7.04. The molecule has 0 unspecified atom stereocenters. The maximum Gasteiger partial charge on any atom is 0.305 e. The quantitative estimate of drug-likeness (QED) is 0.430. The van der Waals surface area contributed by atoms with Gasteiger partial charge in [0.15, 0.2) is 0 Å². The number of rotatable bonds is 0. The Morgan fingerprint density at radius 3 is 1.27 bits per heavy atom. The molecule has 0 spiro atoms. The van der Waals surface area contributed by atoms with Gasteiger partial charge >= 0.3 is 11.9 Å². The van der Waals surface area contributed by atoms with Gasteiger partial charge in [0.2, 0.25) is 0 Å². The Morgan fingerprint density at radius 2 is 0.846 bits per heavy atom. The first-order chi connectivity index (χ1) is 12.8. The van der Waals surface area contributed by atoms with E-state index in [9.17, 15) is 9.59 Å². The lowest BCUT2D eigenvalue weighted by atomic mass is 10.1. The SMILES string of the molecule is O=C1CCCCCCCCC#CCCCCCCCCC(=O)OCCO1. The van der Waals surface area contributed by atoms with E-state index in [0.717, 1.165) is 38.5 Å². The first-order valence-corrected chi connectivity index (χ1v) is 10.6. The molecule has 0 radical (unpaired) electrons. The molecule has 148 valence electrons. The number of hydrogen-bond donors (Lipinski definition) is 0. The lowest BCUT2D eigenvalue weighted by Gasteiger charge is -2.07. The standard InChI is InChI=1S/C22H36O4/c23-21-17-15-13-11-9-7-5-3-1-2-4-6-8-10-12-14-16-18-22(24)26-20-19-25-21/h3-20H2. The predicted octanol–water partition coefficient (Wildman–Crippen LogP) is 5.33. The summed E-state index contributed by atoms with van der Waals surface area (Å²) in [5.41, 5.74) is 0. The number of ether oxygens (including phenoxy) is 2. The van der Waals surface area contributed by atoms with Crippen molar-refractivity contribution in [2.45, 2.75) is 103 Å². The molecule has 1 rings (SSSR count). The lowest BCUT2D eigenvalue weighted by molar-refractivity contribution is -0.152. The van der Waals surface area contributed by atoms with Crippen LogP contribution in [0, 0.1) is 11.8 Å². The first-order valence-electron chi connectivity index (χ1n) is 10.6. The minimum absolute atomic E-state index is 0.172. The van der Waals surface area contributed by atoms with E-state index in [1.807, 2.05) is 0 Å². The van der Waals surface area contributed by atoms with Crippen molar-refractivity contribution < 1.29 is 19.1 Å². The molecule has 1 aliphatic heterocycles. The van der Waals surface area contributed by atoms with Gasteiger partial charge in [0.05, 0.1) is 0 Å². The van der Waals surface area contributed by atoms with E-state index < -0.39 is 0 Å². The molecular weight excluding hydrogens is 328 g/mol. The zero-order chi connectivity index (χ0) is 18.7. The molecule has 1 aliphatic rings. The van der Waals surface area contributed by atoms with E-state index in [1.165, 1.54) is 51.4 Å². The molecule has 26 heavy (non-hydrogen) atoms. The number of hydrogen-bond acceptors (Lipinski definition) is 4. The zero-order valence-electron chi connectivity index (χ0n) is 16.4. The minimum Gasteiger partial charge on any atom is -0.462 e. The maximum absolute atomic E-state index is 11.6. The normalized spacial score (nSPS) is 21.4. The summed E-state index contributed by atoms with van der Waals surface area (Å²) in [6, 6.07) is 0. The van der Waals surface area contributed by atoms with E-state index in [-0.39, 0.29) is 25.2 Å². The third kappa shape index (κ3) is 14.8. The van der Waals surface area contributed by atoms with Gasteiger partial charge in [0, 0.05) is 25.7 Å². The second-order valence-electron chi connectivity index (χ2n) is 7.04. The molecule has 4 nitrogen and oxygen atoms in total. The summed E-state index contributed by atoms with van der Waals surface area (Å²) >= 11 is 0. The van der Waals surface area contributed by atoms with Crippen molar-refractivity contribution in [2.24, 2.45) is 0 Å². The Kier molecular flexibility index (Phi) is 14.7. The van der Waals surface area contributed by atoms with Crippen LogP contribution in [0.4, 0.5) is 0 Å². The molecule has 0 amide bonds. The van der Waals surface area contributed by atoms with Crippen molar-refractivity contribution in [3.05, 3.63) is 0 Å². The fourth-order valence-electron chi connectivity index (χ4n) is 3.01. The van der Waals surface area contributed by atoms with E-state index in [0.29, 0.717) is 12.8 Å². The van der Waals surface area contributed by atoms with E-state index in [2.05, 4.69) is 11.8 Å². The molecule has 0 fully saturated rings. The molecule has 0 bridgehead atoms. The summed E-state index contributed by atoms with van der Waals surface area (Å²) < 4.78 is 10.2. The van der Waals surface area contributed by atoms with Crippen LogP contribution in [0.2, 0.25) is 0 Å². The van der Waals surface area contributed by atoms with Crippen molar-refractivity contribution in [3.8, 4) is 11.8 Å². The van der Waals surface area contributed by atoms with E-state index in [1.54, 1.807) is 0 Å². The topological polar surface area (TPSA) is 52.6 Å². The third-order valence-corrected chi connectivity index (χ3v) is 4.60. The van der Waals surface area contributed by atoms with Gasteiger partial charge in [-0.25, -0.2) is 0 Å². The third-order valence-electron chi connectivity index (χ3n) is 4.60. The highest BCUT2D eigenvalue weighted by molar-refractivity contribution is 5.70. The van der Waals surface area contributed by atoms with Crippen molar-refractivity contribution in [3.63, 3.8) is 0 Å². The Bertz CT molecular complexity index is 395. The van der Waals surface area contributed by atoms with Crippen LogP contribution in [-0.4, -0.2) is 25.2 Å². The number of esters is 2. The van der Waals surface area contributed by atoms with Crippen molar-refractivity contribution in [1.82, 2.24) is 0 Å². The van der Waals surface area contributed by atoms with Crippen LogP contribution in [0.25, 0.3) is 0 Å². The molecule has 0 aromatic heterocycles. The number of carbonyl (C=O) groups is 2. The highest BCUT2D eigenvalue weighted by Crippen LogP contribution is 2.10. The van der Waals surface area contributed by atoms with Crippen LogP contribution in [0.3, 0.4) is 0 Å². The molecule has 0 aliphatic carbocycles. The Hall–Kier alpha value is -1.50. The van der Waals surface area contributed by atoms with Crippen LogP contribution >= 0.6 is 0 Å². The van der Waals surface area contributed by atoms with Crippen LogP contribution in [0.1, 0.15) is 103 Å².